The third-order valence-corrected chi connectivity index (χ3v) is 1.61. The lowest BCUT2D eigenvalue weighted by atomic mass is 10.2. The van der Waals surface area contributed by atoms with Crippen molar-refractivity contribution in [2.45, 2.75) is 6.92 Å². The number of methoxy groups -OCH3 is 1. The maximum absolute atomic E-state index is 5.08. The van der Waals surface area contributed by atoms with Crippen LogP contribution in [0.4, 0.5) is 0 Å². The monoisotopic (exact) mass is 151 g/mol. The minimum absolute atomic E-state index is 0.754. The number of benzene rings is 1. The topological polar surface area (TPSA) is 18.5 Å². The molecule has 0 fully saturated rings. The fraction of sp³-hybridized carbons (Fsp3) is 0.222. The number of hydrogen-bond donors (Lipinski definition) is 0. The Kier molecular flexibility index (Phi) is 2.36. The van der Waals surface area contributed by atoms with Crippen molar-refractivity contribution in [1.82, 2.24) is 0 Å². The second-order valence-corrected chi connectivity index (χ2v) is 2.23. The van der Waals surface area contributed by atoms with Crippen molar-refractivity contribution < 1.29 is 9.47 Å². The van der Waals surface area contributed by atoms with Crippen molar-refractivity contribution >= 4 is 0 Å². The van der Waals surface area contributed by atoms with Crippen LogP contribution < -0.4 is 9.47 Å². The Balaban J connectivity index is 3.10. The van der Waals surface area contributed by atoms with Gasteiger partial charge in [0.25, 0.3) is 0 Å². The lowest BCUT2D eigenvalue weighted by molar-refractivity contribution is 0.403. The van der Waals surface area contributed by atoms with Crippen LogP contribution in [-0.2, 0) is 0 Å². The molecule has 1 aromatic carbocycles. The lowest BCUT2D eigenvalue weighted by Gasteiger charge is -2.07. The summed E-state index contributed by atoms with van der Waals surface area (Å²) in [6, 6.07) is 5.61. The molecule has 1 radical (unpaired) electrons. The molecule has 0 atom stereocenters. The Labute approximate surface area is 66.8 Å². The van der Waals surface area contributed by atoms with E-state index < -0.39 is 0 Å². The van der Waals surface area contributed by atoms with Crippen LogP contribution in [0.3, 0.4) is 0 Å². The van der Waals surface area contributed by atoms with Gasteiger partial charge in [0.2, 0.25) is 0 Å². The van der Waals surface area contributed by atoms with E-state index in [2.05, 4.69) is 7.11 Å². The molecule has 0 amide bonds. The summed E-state index contributed by atoms with van der Waals surface area (Å²) in [6.07, 6.45) is 0. The van der Waals surface area contributed by atoms with Crippen molar-refractivity contribution in [1.29, 1.82) is 0 Å². The van der Waals surface area contributed by atoms with E-state index in [0.717, 1.165) is 17.1 Å². The summed E-state index contributed by atoms with van der Waals surface area (Å²) >= 11 is 0. The molecule has 0 heterocycles. The minimum Gasteiger partial charge on any atom is -0.496 e. The average molecular weight is 151 g/mol. The Hall–Kier alpha value is -1.18. The van der Waals surface area contributed by atoms with Crippen LogP contribution in [0.5, 0.6) is 11.5 Å². The smallest absolute Gasteiger partial charge is 0.126 e. The first kappa shape index (κ1) is 7.92. The Morgan fingerprint density at radius 3 is 2.45 bits per heavy atom. The van der Waals surface area contributed by atoms with E-state index in [1.165, 1.54) is 0 Å². The molecule has 0 bridgehead atoms. The zero-order valence-electron chi connectivity index (χ0n) is 6.76. The van der Waals surface area contributed by atoms with Gasteiger partial charge in [0.05, 0.1) is 7.11 Å². The van der Waals surface area contributed by atoms with Gasteiger partial charge in [-0.1, -0.05) is 6.07 Å². The molecule has 0 saturated heterocycles. The van der Waals surface area contributed by atoms with Crippen molar-refractivity contribution in [3.8, 4) is 11.5 Å². The zero-order valence-corrected chi connectivity index (χ0v) is 6.76. The predicted molar refractivity (Wildman–Crippen MR) is 43.7 cm³/mol. The standard InChI is InChI=1S/C9H11O2/c1-7-8(10-2)5-4-6-9(7)11-3/h4-6H,2H2,1,3H3. The van der Waals surface area contributed by atoms with Crippen LogP contribution >= 0.6 is 0 Å². The first-order chi connectivity index (χ1) is 5.29. The van der Waals surface area contributed by atoms with Crippen molar-refractivity contribution in [3.05, 3.63) is 30.9 Å². The molecule has 0 aliphatic carbocycles. The summed E-state index contributed by atoms with van der Waals surface area (Å²) in [5.74, 6) is 1.58. The highest BCUT2D eigenvalue weighted by Crippen LogP contribution is 2.26. The fourth-order valence-corrected chi connectivity index (χ4v) is 0.972. The fourth-order valence-electron chi connectivity index (χ4n) is 0.972. The second kappa shape index (κ2) is 3.28. The molecule has 0 saturated carbocycles. The minimum atomic E-state index is 0.754. The highest BCUT2D eigenvalue weighted by Gasteiger charge is 2.02. The van der Waals surface area contributed by atoms with Crippen LogP contribution in [0.25, 0.3) is 0 Å². The summed E-state index contributed by atoms with van der Waals surface area (Å²) in [6.45, 7) is 1.93. The van der Waals surface area contributed by atoms with E-state index in [9.17, 15) is 0 Å². The summed E-state index contributed by atoms with van der Waals surface area (Å²) in [5.41, 5.74) is 0.977. The molecule has 11 heavy (non-hydrogen) atoms. The first-order valence-electron chi connectivity index (χ1n) is 3.35. The highest BCUT2D eigenvalue weighted by atomic mass is 16.5. The van der Waals surface area contributed by atoms with Gasteiger partial charge in [0, 0.05) is 5.56 Å². The van der Waals surface area contributed by atoms with Gasteiger partial charge in [-0.2, -0.15) is 0 Å². The van der Waals surface area contributed by atoms with Crippen LogP contribution in [0.2, 0.25) is 0 Å². The summed E-state index contributed by atoms with van der Waals surface area (Å²) in [4.78, 5) is 0. The van der Waals surface area contributed by atoms with E-state index in [1.807, 2.05) is 25.1 Å². The van der Waals surface area contributed by atoms with Gasteiger partial charge in [-0.3, -0.25) is 0 Å². The van der Waals surface area contributed by atoms with Gasteiger partial charge < -0.3 is 9.47 Å². The molecule has 0 aliphatic heterocycles. The van der Waals surface area contributed by atoms with E-state index >= 15 is 0 Å². The molecular formula is C9H11O2. The van der Waals surface area contributed by atoms with Gasteiger partial charge in [0.1, 0.15) is 18.6 Å². The maximum atomic E-state index is 5.08. The summed E-state index contributed by atoms with van der Waals surface area (Å²) < 4.78 is 9.94. The molecule has 0 aromatic heterocycles. The van der Waals surface area contributed by atoms with Crippen LogP contribution in [0, 0.1) is 14.0 Å². The van der Waals surface area contributed by atoms with E-state index in [0.29, 0.717) is 0 Å². The molecule has 0 N–H and O–H groups in total. The zero-order chi connectivity index (χ0) is 8.27. The molecule has 1 rings (SSSR count). The second-order valence-electron chi connectivity index (χ2n) is 2.23. The predicted octanol–water partition coefficient (Wildman–Crippen LogP) is 2.17. The molecule has 0 unspecified atom stereocenters. The van der Waals surface area contributed by atoms with Crippen molar-refractivity contribution in [2.24, 2.45) is 0 Å². The quantitative estimate of drug-likeness (QED) is 0.645. The van der Waals surface area contributed by atoms with Crippen molar-refractivity contribution in [2.75, 3.05) is 7.11 Å². The third-order valence-electron chi connectivity index (χ3n) is 1.61. The third kappa shape index (κ3) is 1.45. The van der Waals surface area contributed by atoms with E-state index in [4.69, 9.17) is 9.47 Å². The van der Waals surface area contributed by atoms with Gasteiger partial charge in [-0.05, 0) is 19.1 Å². The number of ether oxygens (including phenoxy) is 2. The largest absolute Gasteiger partial charge is 0.496 e. The van der Waals surface area contributed by atoms with Crippen LogP contribution in [0.15, 0.2) is 18.2 Å². The lowest BCUT2D eigenvalue weighted by Crippen LogP contribution is -1.89. The average Bonchev–Trinajstić information content (AvgIpc) is 2.05. The van der Waals surface area contributed by atoms with Gasteiger partial charge in [-0.25, -0.2) is 0 Å². The Morgan fingerprint density at radius 2 is 1.91 bits per heavy atom. The van der Waals surface area contributed by atoms with E-state index in [-0.39, 0.29) is 0 Å². The van der Waals surface area contributed by atoms with Gasteiger partial charge in [0.15, 0.2) is 0 Å². The molecule has 0 aliphatic rings. The van der Waals surface area contributed by atoms with E-state index in [1.54, 1.807) is 7.11 Å². The normalized spacial score (nSPS) is 9.36. The summed E-state index contributed by atoms with van der Waals surface area (Å²) in [5, 5.41) is 0. The number of rotatable bonds is 2. The van der Waals surface area contributed by atoms with Crippen molar-refractivity contribution in [3.63, 3.8) is 0 Å². The molecule has 1 aromatic rings. The van der Waals surface area contributed by atoms with Crippen LogP contribution in [0.1, 0.15) is 5.56 Å². The molecule has 2 nitrogen and oxygen atoms in total. The number of hydrogen-bond acceptors (Lipinski definition) is 2. The first-order valence-corrected chi connectivity index (χ1v) is 3.35. The molecule has 0 spiro atoms. The molecular weight excluding hydrogens is 140 g/mol. The Morgan fingerprint density at radius 1 is 1.27 bits per heavy atom. The van der Waals surface area contributed by atoms with Gasteiger partial charge >= 0.3 is 0 Å². The summed E-state index contributed by atoms with van der Waals surface area (Å²) in [7, 11) is 4.97. The molecule has 2 heteroatoms. The molecule has 59 valence electrons. The van der Waals surface area contributed by atoms with Gasteiger partial charge in [-0.15, -0.1) is 0 Å². The SMILES string of the molecule is [CH2]Oc1cccc(OC)c1C. The highest BCUT2D eigenvalue weighted by molar-refractivity contribution is 5.43. The Bertz CT molecular complexity index is 221. The van der Waals surface area contributed by atoms with Crippen LogP contribution in [-0.4, -0.2) is 7.11 Å². The maximum Gasteiger partial charge on any atom is 0.126 e.